The van der Waals surface area contributed by atoms with Gasteiger partial charge in [-0.05, 0) is 60.3 Å². The van der Waals surface area contributed by atoms with Crippen LogP contribution in [0.5, 0.6) is 0 Å². The summed E-state index contributed by atoms with van der Waals surface area (Å²) in [6, 6.07) is 4.92. The molecular formula is C13H16BrNO4S. The number of aliphatic carboxylic acids is 1. The molecule has 0 aromatic heterocycles. The van der Waals surface area contributed by atoms with Crippen LogP contribution in [-0.4, -0.2) is 35.9 Å². The molecule has 0 amide bonds. The average molecular weight is 362 g/mol. The van der Waals surface area contributed by atoms with E-state index < -0.39 is 21.5 Å². The predicted molar refractivity (Wildman–Crippen MR) is 78.0 cm³/mol. The van der Waals surface area contributed by atoms with E-state index in [0.717, 1.165) is 9.87 Å². The van der Waals surface area contributed by atoms with E-state index in [1.165, 1.54) is 13.0 Å². The number of nitrogens with zero attached hydrogens (tertiary/aromatic N) is 1. The first-order valence-corrected chi connectivity index (χ1v) is 8.45. The third-order valence-corrected chi connectivity index (χ3v) is 6.69. The monoisotopic (exact) mass is 361 g/mol. The van der Waals surface area contributed by atoms with Crippen molar-refractivity contribution in [1.82, 2.24) is 4.31 Å². The zero-order chi connectivity index (χ0) is 15.1. The molecule has 7 heteroatoms. The van der Waals surface area contributed by atoms with Crippen LogP contribution in [0.4, 0.5) is 0 Å². The second-order valence-corrected chi connectivity index (χ2v) is 7.88. The number of hydrogen-bond acceptors (Lipinski definition) is 3. The molecule has 0 bridgehead atoms. The Hall–Kier alpha value is -0.920. The number of sulfonamides is 1. The Morgan fingerprint density at radius 2 is 2.10 bits per heavy atom. The molecule has 0 aliphatic carbocycles. The maximum Gasteiger partial charge on any atom is 0.324 e. The van der Waals surface area contributed by atoms with E-state index in [0.29, 0.717) is 17.3 Å². The third kappa shape index (κ3) is 2.38. The van der Waals surface area contributed by atoms with Crippen molar-refractivity contribution in [3.8, 4) is 0 Å². The number of benzene rings is 1. The number of carboxylic acid groups (broad SMARTS) is 1. The summed E-state index contributed by atoms with van der Waals surface area (Å²) in [5.41, 5.74) is -0.443. The Morgan fingerprint density at radius 1 is 1.45 bits per heavy atom. The molecule has 110 valence electrons. The molecule has 5 nitrogen and oxygen atoms in total. The number of carboxylic acids is 1. The van der Waals surface area contributed by atoms with Crippen LogP contribution < -0.4 is 0 Å². The molecule has 1 aromatic rings. The van der Waals surface area contributed by atoms with E-state index >= 15 is 0 Å². The molecular weight excluding hydrogens is 346 g/mol. The fourth-order valence-electron chi connectivity index (χ4n) is 2.47. The Bertz CT molecular complexity index is 658. The predicted octanol–water partition coefficient (Wildman–Crippen LogP) is 2.39. The topological polar surface area (TPSA) is 74.7 Å². The van der Waals surface area contributed by atoms with Crippen molar-refractivity contribution in [2.24, 2.45) is 0 Å². The number of carbonyl (C=O) groups is 1. The van der Waals surface area contributed by atoms with E-state index in [-0.39, 0.29) is 11.4 Å². The van der Waals surface area contributed by atoms with Gasteiger partial charge in [0, 0.05) is 11.0 Å². The van der Waals surface area contributed by atoms with Crippen molar-refractivity contribution in [2.45, 2.75) is 37.1 Å². The highest BCUT2D eigenvalue weighted by Gasteiger charge is 2.50. The van der Waals surface area contributed by atoms with Gasteiger partial charge in [-0.3, -0.25) is 4.79 Å². The Labute approximate surface area is 126 Å². The third-order valence-electron chi connectivity index (χ3n) is 3.69. The van der Waals surface area contributed by atoms with Crippen LogP contribution in [0.15, 0.2) is 27.6 Å². The maximum atomic E-state index is 12.7. The van der Waals surface area contributed by atoms with Gasteiger partial charge < -0.3 is 5.11 Å². The van der Waals surface area contributed by atoms with Crippen LogP contribution in [0.25, 0.3) is 0 Å². The zero-order valence-electron chi connectivity index (χ0n) is 11.3. The van der Waals surface area contributed by atoms with Crippen molar-refractivity contribution in [2.75, 3.05) is 6.54 Å². The second kappa shape index (κ2) is 5.13. The molecule has 1 aromatic carbocycles. The summed E-state index contributed by atoms with van der Waals surface area (Å²) >= 11 is 3.25. The van der Waals surface area contributed by atoms with E-state index in [2.05, 4.69) is 15.9 Å². The number of hydrogen-bond donors (Lipinski definition) is 1. The molecule has 2 rings (SSSR count). The molecule has 20 heavy (non-hydrogen) atoms. The zero-order valence-corrected chi connectivity index (χ0v) is 13.7. The Morgan fingerprint density at radius 3 is 2.65 bits per heavy atom. The fraction of sp³-hybridized carbons (Fsp3) is 0.462. The Balaban J connectivity index is 2.53. The van der Waals surface area contributed by atoms with Crippen molar-refractivity contribution < 1.29 is 18.3 Å². The highest BCUT2D eigenvalue weighted by Crippen LogP contribution is 2.36. The van der Waals surface area contributed by atoms with Gasteiger partial charge in [-0.15, -0.1) is 0 Å². The van der Waals surface area contributed by atoms with E-state index in [1.54, 1.807) is 12.1 Å². The smallest absolute Gasteiger partial charge is 0.324 e. The van der Waals surface area contributed by atoms with Crippen molar-refractivity contribution >= 4 is 31.9 Å². The van der Waals surface area contributed by atoms with Crippen molar-refractivity contribution in [3.05, 3.63) is 28.2 Å². The SMILES string of the molecule is Cc1ccc(S(=O)(=O)N2CCCC2(C)C(=O)O)c(Br)c1. The van der Waals surface area contributed by atoms with Gasteiger partial charge in [0.2, 0.25) is 10.0 Å². The lowest BCUT2D eigenvalue weighted by atomic mass is 10.0. The second-order valence-electron chi connectivity index (χ2n) is 5.19. The summed E-state index contributed by atoms with van der Waals surface area (Å²) in [5.74, 6) is -1.11. The molecule has 1 N–H and O–H groups in total. The van der Waals surface area contributed by atoms with Crippen LogP contribution in [-0.2, 0) is 14.8 Å². The summed E-state index contributed by atoms with van der Waals surface area (Å²) < 4.78 is 27.0. The first-order valence-electron chi connectivity index (χ1n) is 6.22. The largest absolute Gasteiger partial charge is 0.480 e. The first kappa shape index (κ1) is 15.5. The quantitative estimate of drug-likeness (QED) is 0.896. The van der Waals surface area contributed by atoms with E-state index in [4.69, 9.17) is 0 Å². The summed E-state index contributed by atoms with van der Waals surface area (Å²) in [5, 5.41) is 9.35. The van der Waals surface area contributed by atoms with Crippen LogP contribution in [0.1, 0.15) is 25.3 Å². The van der Waals surface area contributed by atoms with E-state index in [9.17, 15) is 18.3 Å². The van der Waals surface area contributed by atoms with Gasteiger partial charge in [0.25, 0.3) is 0 Å². The first-order chi connectivity index (χ1) is 9.19. The average Bonchev–Trinajstić information content (AvgIpc) is 2.73. The summed E-state index contributed by atoms with van der Waals surface area (Å²) in [6.07, 6.45) is 0.872. The van der Waals surface area contributed by atoms with Gasteiger partial charge in [-0.1, -0.05) is 6.07 Å². The molecule has 1 aliphatic heterocycles. The summed E-state index contributed by atoms with van der Waals surface area (Å²) in [7, 11) is -3.83. The van der Waals surface area contributed by atoms with Crippen molar-refractivity contribution in [3.63, 3.8) is 0 Å². The maximum absolute atomic E-state index is 12.7. The lowest BCUT2D eigenvalue weighted by Gasteiger charge is -2.30. The van der Waals surface area contributed by atoms with Gasteiger partial charge in [0.05, 0.1) is 4.90 Å². The molecule has 0 radical (unpaired) electrons. The van der Waals surface area contributed by atoms with Crippen LogP contribution in [0, 0.1) is 6.92 Å². The summed E-state index contributed by atoms with van der Waals surface area (Å²) in [6.45, 7) is 3.55. The molecule has 0 spiro atoms. The molecule has 1 atom stereocenters. The molecule has 1 fully saturated rings. The number of rotatable bonds is 3. The minimum absolute atomic E-state index is 0.109. The molecule has 0 saturated carbocycles. The standard InChI is InChI=1S/C13H16BrNO4S/c1-9-4-5-11(10(14)8-9)20(18,19)15-7-3-6-13(15,2)12(16)17/h4-5,8H,3,6-7H2,1-2H3,(H,16,17). The van der Waals surface area contributed by atoms with Crippen LogP contribution >= 0.6 is 15.9 Å². The minimum atomic E-state index is -3.83. The lowest BCUT2D eigenvalue weighted by molar-refractivity contribution is -0.146. The molecule has 1 heterocycles. The van der Waals surface area contributed by atoms with Crippen LogP contribution in [0.3, 0.4) is 0 Å². The summed E-state index contributed by atoms with van der Waals surface area (Å²) in [4.78, 5) is 11.5. The van der Waals surface area contributed by atoms with Gasteiger partial charge >= 0.3 is 5.97 Å². The van der Waals surface area contributed by atoms with Gasteiger partial charge in [-0.25, -0.2) is 8.42 Å². The molecule has 1 aliphatic rings. The highest BCUT2D eigenvalue weighted by molar-refractivity contribution is 9.10. The highest BCUT2D eigenvalue weighted by atomic mass is 79.9. The number of aryl methyl sites for hydroxylation is 1. The van der Waals surface area contributed by atoms with Gasteiger partial charge in [0.15, 0.2) is 0 Å². The van der Waals surface area contributed by atoms with Crippen molar-refractivity contribution in [1.29, 1.82) is 0 Å². The van der Waals surface area contributed by atoms with Crippen LogP contribution in [0.2, 0.25) is 0 Å². The Kier molecular flexibility index (Phi) is 3.96. The lowest BCUT2D eigenvalue weighted by Crippen LogP contribution is -2.50. The normalized spacial score (nSPS) is 23.9. The molecule has 1 unspecified atom stereocenters. The van der Waals surface area contributed by atoms with E-state index in [1.807, 2.05) is 6.92 Å². The molecule has 1 saturated heterocycles. The number of halogens is 1. The van der Waals surface area contributed by atoms with Gasteiger partial charge in [0.1, 0.15) is 5.54 Å². The van der Waals surface area contributed by atoms with Gasteiger partial charge in [-0.2, -0.15) is 4.31 Å². The fourth-order valence-corrected chi connectivity index (χ4v) is 5.43. The minimum Gasteiger partial charge on any atom is -0.480 e.